The summed E-state index contributed by atoms with van der Waals surface area (Å²) in [7, 11) is 0. The quantitative estimate of drug-likeness (QED) is 0.647. The third kappa shape index (κ3) is 2.76. The van der Waals surface area contributed by atoms with E-state index in [2.05, 4.69) is 20.4 Å². The van der Waals surface area contributed by atoms with Gasteiger partial charge in [0, 0.05) is 5.22 Å². The summed E-state index contributed by atoms with van der Waals surface area (Å²) in [5, 5.41) is 1.20. The maximum absolute atomic E-state index is 5.19. The summed E-state index contributed by atoms with van der Waals surface area (Å²) in [6.07, 6.45) is 2.82. The summed E-state index contributed by atoms with van der Waals surface area (Å²) in [5.74, 6) is 0. The van der Waals surface area contributed by atoms with Crippen LogP contribution in [-0.4, -0.2) is 0 Å². The molecule has 0 saturated heterocycles. The summed E-state index contributed by atoms with van der Waals surface area (Å²) in [6, 6.07) is 0. The van der Waals surface area contributed by atoms with Gasteiger partial charge in [-0.25, -0.2) is 0 Å². The van der Waals surface area contributed by atoms with Crippen LogP contribution in [-0.2, 0) is 0 Å². The normalized spacial score (nSPS) is 11.8. The van der Waals surface area contributed by atoms with E-state index < -0.39 is 0 Å². The van der Waals surface area contributed by atoms with Crippen molar-refractivity contribution in [2.24, 2.45) is 0 Å². The Balaban J connectivity index is 0.000000671. The maximum Gasteiger partial charge on any atom is 0.126 e. The van der Waals surface area contributed by atoms with Crippen LogP contribution in [0.2, 0.25) is 0 Å². The van der Waals surface area contributed by atoms with Crippen LogP contribution in [0.5, 0.6) is 0 Å². The Kier molecular flexibility index (Phi) is 5.20. The molecule has 13 heavy (non-hydrogen) atoms. The second kappa shape index (κ2) is 5.63. The van der Waals surface area contributed by atoms with E-state index in [-0.39, 0.29) is 0 Å². The maximum atomic E-state index is 5.19. The third-order valence-corrected chi connectivity index (χ3v) is 2.01. The molecule has 0 unspecified atom stereocenters. The van der Waals surface area contributed by atoms with Gasteiger partial charge >= 0.3 is 0 Å². The molecular weight excluding hydrogens is 160 g/mol. The van der Waals surface area contributed by atoms with Crippen LogP contribution in [0.15, 0.2) is 10.7 Å². The van der Waals surface area contributed by atoms with Crippen LogP contribution in [0.1, 0.15) is 39.7 Å². The van der Waals surface area contributed by atoms with Crippen molar-refractivity contribution in [3.05, 3.63) is 22.5 Å². The van der Waals surface area contributed by atoms with Gasteiger partial charge in [0.1, 0.15) is 5.42 Å². The molecule has 0 aromatic carbocycles. The molecule has 1 nitrogen and oxygen atoms in total. The minimum atomic E-state index is 0.793. The molecule has 1 aromatic heterocycles. The molecule has 0 atom stereocenters. The third-order valence-electron chi connectivity index (χ3n) is 2.01. The molecule has 0 aliphatic carbocycles. The number of aryl methyl sites for hydroxylation is 1. The van der Waals surface area contributed by atoms with Gasteiger partial charge in [-0.2, -0.15) is 0 Å². The first-order valence-electron chi connectivity index (χ1n) is 4.89. The van der Waals surface area contributed by atoms with Crippen LogP contribution in [0.25, 0.3) is 12.2 Å². The Morgan fingerprint density at radius 1 is 1.46 bits per heavy atom. The van der Waals surface area contributed by atoms with Crippen molar-refractivity contribution in [1.29, 1.82) is 0 Å². The van der Waals surface area contributed by atoms with Crippen molar-refractivity contribution < 1.29 is 4.42 Å². The van der Waals surface area contributed by atoms with Crippen LogP contribution in [0.4, 0.5) is 0 Å². The minimum Gasteiger partial charge on any atom is -0.465 e. The van der Waals surface area contributed by atoms with Gasteiger partial charge in [-0.05, 0) is 25.8 Å². The van der Waals surface area contributed by atoms with E-state index in [1.807, 2.05) is 20.8 Å². The zero-order valence-electron chi connectivity index (χ0n) is 9.40. The van der Waals surface area contributed by atoms with Gasteiger partial charge in [-0.1, -0.05) is 32.9 Å². The first kappa shape index (κ1) is 12.0. The van der Waals surface area contributed by atoms with Gasteiger partial charge in [0.05, 0.1) is 6.26 Å². The average Bonchev–Trinajstić information content (AvgIpc) is 2.49. The predicted octanol–water partition coefficient (Wildman–Crippen LogP) is 2.61. The van der Waals surface area contributed by atoms with Gasteiger partial charge in [0.15, 0.2) is 0 Å². The van der Waals surface area contributed by atoms with Crippen LogP contribution >= 0.6 is 0 Å². The van der Waals surface area contributed by atoms with E-state index in [0.29, 0.717) is 0 Å². The van der Waals surface area contributed by atoms with Crippen molar-refractivity contribution in [2.75, 3.05) is 0 Å². The SMILES string of the molecule is C=c1occ(C)/c1=C(\C)CC.CC. The molecule has 0 saturated carbocycles. The minimum absolute atomic E-state index is 0.793. The van der Waals surface area contributed by atoms with Gasteiger partial charge < -0.3 is 4.42 Å². The molecule has 0 N–H and O–H groups in total. The van der Waals surface area contributed by atoms with E-state index in [1.54, 1.807) is 6.26 Å². The molecule has 0 aliphatic rings. The Labute approximate surface area is 80.8 Å². The van der Waals surface area contributed by atoms with E-state index in [0.717, 1.165) is 11.8 Å². The van der Waals surface area contributed by atoms with Crippen molar-refractivity contribution in [2.45, 2.75) is 41.0 Å². The number of furan rings is 1. The molecule has 0 fully saturated rings. The Morgan fingerprint density at radius 2 is 2.00 bits per heavy atom. The molecule has 1 heteroatoms. The van der Waals surface area contributed by atoms with Crippen LogP contribution < -0.4 is 10.6 Å². The van der Waals surface area contributed by atoms with E-state index >= 15 is 0 Å². The number of hydrogen-bond donors (Lipinski definition) is 0. The summed E-state index contributed by atoms with van der Waals surface area (Å²) < 4.78 is 5.19. The molecule has 0 bridgehead atoms. The highest BCUT2D eigenvalue weighted by atomic mass is 16.3. The van der Waals surface area contributed by atoms with Crippen molar-refractivity contribution in [3.63, 3.8) is 0 Å². The average molecular weight is 180 g/mol. The molecule has 0 amide bonds. The second-order valence-corrected chi connectivity index (χ2v) is 2.85. The van der Waals surface area contributed by atoms with Crippen LogP contribution in [0.3, 0.4) is 0 Å². The molecule has 1 aromatic rings. The summed E-state index contributed by atoms with van der Waals surface area (Å²) in [6.45, 7) is 14.1. The highest BCUT2D eigenvalue weighted by Gasteiger charge is 1.96. The molecule has 74 valence electrons. The smallest absolute Gasteiger partial charge is 0.126 e. The number of hydrogen-bond acceptors (Lipinski definition) is 1. The lowest BCUT2D eigenvalue weighted by Gasteiger charge is -1.91. The van der Waals surface area contributed by atoms with Crippen molar-refractivity contribution >= 4 is 12.2 Å². The lowest BCUT2D eigenvalue weighted by atomic mass is 10.1. The standard InChI is InChI=1S/C10H14O.C2H6/c1-5-7(2)10-8(3)6-11-9(10)4;1-2/h6H,4-5H2,1-3H3;1-2H3/b10-7-;. The molecule has 1 rings (SSSR count). The Bertz CT molecular complexity index is 344. The lowest BCUT2D eigenvalue weighted by Crippen LogP contribution is -2.22. The Hall–Kier alpha value is -0.980. The Morgan fingerprint density at radius 3 is 2.31 bits per heavy atom. The summed E-state index contributed by atoms with van der Waals surface area (Å²) >= 11 is 0. The highest BCUT2D eigenvalue weighted by Crippen LogP contribution is 1.96. The summed E-state index contributed by atoms with van der Waals surface area (Å²) in [5.41, 5.74) is 3.33. The fourth-order valence-electron chi connectivity index (χ4n) is 1.25. The number of rotatable bonds is 1. The summed E-state index contributed by atoms with van der Waals surface area (Å²) in [4.78, 5) is 0. The van der Waals surface area contributed by atoms with Crippen molar-refractivity contribution in [1.82, 2.24) is 0 Å². The first-order chi connectivity index (χ1) is 6.16. The lowest BCUT2D eigenvalue weighted by molar-refractivity contribution is 0.531. The largest absolute Gasteiger partial charge is 0.465 e. The fraction of sp³-hybridized carbons (Fsp3) is 0.500. The van der Waals surface area contributed by atoms with Gasteiger partial charge in [-0.15, -0.1) is 0 Å². The zero-order chi connectivity index (χ0) is 10.4. The topological polar surface area (TPSA) is 13.1 Å². The van der Waals surface area contributed by atoms with E-state index in [4.69, 9.17) is 4.42 Å². The van der Waals surface area contributed by atoms with Gasteiger partial charge in [0.2, 0.25) is 0 Å². The highest BCUT2D eigenvalue weighted by molar-refractivity contribution is 5.42. The molecule has 0 aliphatic heterocycles. The second-order valence-electron chi connectivity index (χ2n) is 2.85. The van der Waals surface area contributed by atoms with Crippen molar-refractivity contribution in [3.8, 4) is 0 Å². The molecule has 1 heterocycles. The molecule has 0 radical (unpaired) electrons. The van der Waals surface area contributed by atoms with Gasteiger partial charge in [0.25, 0.3) is 0 Å². The molecule has 0 spiro atoms. The predicted molar refractivity (Wildman–Crippen MR) is 58.9 cm³/mol. The molecular formula is C12H20O. The van der Waals surface area contributed by atoms with Gasteiger partial charge in [-0.3, -0.25) is 0 Å². The van der Waals surface area contributed by atoms with Crippen LogP contribution in [0, 0.1) is 6.92 Å². The first-order valence-corrected chi connectivity index (χ1v) is 4.89. The monoisotopic (exact) mass is 180 g/mol. The van der Waals surface area contributed by atoms with E-state index in [9.17, 15) is 0 Å². The zero-order valence-corrected chi connectivity index (χ0v) is 9.40. The fourth-order valence-corrected chi connectivity index (χ4v) is 1.25. The van der Waals surface area contributed by atoms with E-state index in [1.165, 1.54) is 16.4 Å².